The van der Waals surface area contributed by atoms with E-state index < -0.39 is 10.0 Å². The molecule has 0 atom stereocenters. The Kier molecular flexibility index (Phi) is 4.09. The van der Waals surface area contributed by atoms with E-state index in [4.69, 9.17) is 11.6 Å². The first kappa shape index (κ1) is 18.7. The van der Waals surface area contributed by atoms with Gasteiger partial charge in [0.2, 0.25) is 0 Å². The lowest BCUT2D eigenvalue weighted by atomic mass is 10.1. The van der Waals surface area contributed by atoms with E-state index in [9.17, 15) is 13.2 Å². The first-order valence-corrected chi connectivity index (χ1v) is 10.9. The van der Waals surface area contributed by atoms with Crippen molar-refractivity contribution in [3.8, 4) is 11.3 Å². The maximum absolute atomic E-state index is 13.1. The SMILES string of the molecule is CN1C(=O)c2cccc3c(S(=O)(=O)Nc4cc(-c5cccc(Cl)c5)[nH]n4)ccc1c23. The van der Waals surface area contributed by atoms with Gasteiger partial charge in [0, 0.05) is 40.0 Å². The molecular weight excluding hydrogens is 424 g/mol. The first-order valence-electron chi connectivity index (χ1n) is 9.03. The van der Waals surface area contributed by atoms with Crippen LogP contribution in [-0.4, -0.2) is 31.6 Å². The number of amides is 1. The number of H-pyrrole nitrogens is 1. The molecule has 1 aromatic heterocycles. The number of anilines is 2. The minimum atomic E-state index is -3.95. The lowest BCUT2D eigenvalue weighted by molar-refractivity contribution is 0.0999. The van der Waals surface area contributed by atoms with Gasteiger partial charge in [-0.2, -0.15) is 5.10 Å². The Morgan fingerprint density at radius 2 is 1.87 bits per heavy atom. The average molecular weight is 439 g/mol. The van der Waals surface area contributed by atoms with Crippen molar-refractivity contribution in [1.82, 2.24) is 10.2 Å². The summed E-state index contributed by atoms with van der Waals surface area (Å²) in [5.74, 6) is -0.00186. The molecule has 0 saturated heterocycles. The Morgan fingerprint density at radius 1 is 1.07 bits per heavy atom. The van der Waals surface area contributed by atoms with Gasteiger partial charge >= 0.3 is 0 Å². The number of aromatic nitrogens is 2. The van der Waals surface area contributed by atoms with Crippen molar-refractivity contribution in [1.29, 1.82) is 0 Å². The molecule has 0 saturated carbocycles. The molecule has 5 rings (SSSR count). The smallest absolute Gasteiger partial charge is 0.263 e. The number of nitrogens with zero attached hydrogens (tertiary/aromatic N) is 2. The monoisotopic (exact) mass is 438 g/mol. The molecular formula is C21H15ClN4O3S. The Morgan fingerprint density at radius 3 is 2.67 bits per heavy atom. The molecule has 0 unspecified atom stereocenters. The summed E-state index contributed by atoms with van der Waals surface area (Å²) in [6.45, 7) is 0. The standard InChI is InChI=1S/C21H15ClN4O3S/c1-26-17-8-9-18(14-6-3-7-15(20(14)17)21(26)27)30(28,29)25-19-11-16(23-24-19)12-4-2-5-13(22)10-12/h2-11H,1H3,(H2,23,24,25). The van der Waals surface area contributed by atoms with Gasteiger partial charge in [-0.1, -0.05) is 35.9 Å². The molecule has 7 nitrogen and oxygen atoms in total. The summed E-state index contributed by atoms with van der Waals surface area (Å²) in [4.78, 5) is 14.0. The van der Waals surface area contributed by atoms with Crippen LogP contribution in [0.25, 0.3) is 22.0 Å². The summed E-state index contributed by atoms with van der Waals surface area (Å²) < 4.78 is 28.8. The fourth-order valence-electron chi connectivity index (χ4n) is 3.71. The number of aromatic amines is 1. The zero-order valence-corrected chi connectivity index (χ0v) is 17.3. The summed E-state index contributed by atoms with van der Waals surface area (Å²) >= 11 is 6.02. The fraction of sp³-hybridized carbons (Fsp3) is 0.0476. The zero-order chi connectivity index (χ0) is 21.0. The van der Waals surface area contributed by atoms with Gasteiger partial charge in [0.05, 0.1) is 16.3 Å². The Balaban J connectivity index is 1.55. The number of rotatable bonds is 4. The van der Waals surface area contributed by atoms with Crippen molar-refractivity contribution in [3.05, 3.63) is 71.2 Å². The Bertz CT molecular complexity index is 1450. The topological polar surface area (TPSA) is 95.2 Å². The van der Waals surface area contributed by atoms with Crippen molar-refractivity contribution in [3.63, 3.8) is 0 Å². The molecule has 1 aliphatic heterocycles. The number of carbonyl (C=O) groups excluding carboxylic acids is 1. The van der Waals surface area contributed by atoms with Gasteiger partial charge in [-0.3, -0.25) is 14.6 Å². The Labute approximate surface area is 177 Å². The number of halogens is 1. The molecule has 0 spiro atoms. The third kappa shape index (κ3) is 2.84. The summed E-state index contributed by atoms with van der Waals surface area (Å²) in [5, 5.41) is 8.56. The number of hydrogen-bond donors (Lipinski definition) is 2. The van der Waals surface area contributed by atoms with Crippen LogP contribution in [-0.2, 0) is 10.0 Å². The van der Waals surface area contributed by atoms with Crippen LogP contribution in [0.3, 0.4) is 0 Å². The summed E-state index contributed by atoms with van der Waals surface area (Å²) in [7, 11) is -2.27. The minimum absolute atomic E-state index is 0.0819. The highest BCUT2D eigenvalue weighted by atomic mass is 35.5. The number of hydrogen-bond acceptors (Lipinski definition) is 4. The fourth-order valence-corrected chi connectivity index (χ4v) is 5.10. The molecule has 150 valence electrons. The van der Waals surface area contributed by atoms with Crippen LogP contribution in [0.15, 0.2) is 65.6 Å². The largest absolute Gasteiger partial charge is 0.311 e. The summed E-state index contributed by atoms with van der Waals surface area (Å²) in [5.41, 5.74) is 2.59. The maximum Gasteiger partial charge on any atom is 0.263 e. The maximum atomic E-state index is 13.1. The first-order chi connectivity index (χ1) is 14.3. The molecule has 0 aliphatic carbocycles. The number of benzene rings is 3. The second-order valence-corrected chi connectivity index (χ2v) is 9.05. The van der Waals surface area contributed by atoms with Crippen molar-refractivity contribution >= 4 is 49.8 Å². The van der Waals surface area contributed by atoms with E-state index in [1.165, 1.54) is 11.0 Å². The van der Waals surface area contributed by atoms with Gasteiger partial charge in [0.15, 0.2) is 5.82 Å². The minimum Gasteiger partial charge on any atom is -0.311 e. The molecule has 1 amide bonds. The average Bonchev–Trinajstić information content (AvgIpc) is 3.28. The molecule has 30 heavy (non-hydrogen) atoms. The molecule has 0 radical (unpaired) electrons. The molecule has 2 heterocycles. The second kappa shape index (κ2) is 6.58. The number of carbonyl (C=O) groups is 1. The van der Waals surface area contributed by atoms with Gasteiger partial charge in [-0.05, 0) is 30.3 Å². The van der Waals surface area contributed by atoms with E-state index in [2.05, 4.69) is 14.9 Å². The molecule has 9 heteroatoms. The molecule has 0 fully saturated rings. The predicted octanol–water partition coefficient (Wildman–Crippen LogP) is 4.27. The normalized spacial score (nSPS) is 13.3. The van der Waals surface area contributed by atoms with E-state index in [1.54, 1.807) is 55.6 Å². The van der Waals surface area contributed by atoms with Crippen LogP contribution < -0.4 is 9.62 Å². The number of sulfonamides is 1. The lowest BCUT2D eigenvalue weighted by Crippen LogP contribution is -2.20. The van der Waals surface area contributed by atoms with Crippen LogP contribution in [0.5, 0.6) is 0 Å². The van der Waals surface area contributed by atoms with E-state index in [0.717, 1.165) is 5.56 Å². The van der Waals surface area contributed by atoms with Crippen LogP contribution in [0.1, 0.15) is 10.4 Å². The molecule has 2 N–H and O–H groups in total. The third-order valence-corrected chi connectivity index (χ3v) is 6.76. The van der Waals surface area contributed by atoms with Gasteiger partial charge in [-0.25, -0.2) is 8.42 Å². The second-order valence-electron chi connectivity index (χ2n) is 6.96. The zero-order valence-electron chi connectivity index (χ0n) is 15.7. The Hall–Kier alpha value is -3.36. The highest BCUT2D eigenvalue weighted by Gasteiger charge is 2.30. The van der Waals surface area contributed by atoms with Crippen LogP contribution >= 0.6 is 11.6 Å². The van der Waals surface area contributed by atoms with Crippen molar-refractivity contribution < 1.29 is 13.2 Å². The van der Waals surface area contributed by atoms with E-state index in [0.29, 0.717) is 32.7 Å². The molecule has 1 aliphatic rings. The van der Waals surface area contributed by atoms with Crippen molar-refractivity contribution in [2.24, 2.45) is 0 Å². The highest BCUT2D eigenvalue weighted by molar-refractivity contribution is 7.93. The molecule has 0 bridgehead atoms. The highest BCUT2D eigenvalue weighted by Crippen LogP contribution is 2.39. The van der Waals surface area contributed by atoms with Gasteiger partial charge in [0.25, 0.3) is 15.9 Å². The lowest BCUT2D eigenvalue weighted by Gasteiger charge is -2.12. The number of nitrogens with one attached hydrogen (secondary N) is 2. The van der Waals surface area contributed by atoms with E-state index in [-0.39, 0.29) is 16.6 Å². The van der Waals surface area contributed by atoms with Gasteiger partial charge in [0.1, 0.15) is 0 Å². The van der Waals surface area contributed by atoms with Gasteiger partial charge < -0.3 is 4.90 Å². The quantitative estimate of drug-likeness (QED) is 0.497. The summed E-state index contributed by atoms with van der Waals surface area (Å²) in [6.07, 6.45) is 0. The third-order valence-electron chi connectivity index (χ3n) is 5.12. The van der Waals surface area contributed by atoms with E-state index in [1.807, 2.05) is 6.07 Å². The van der Waals surface area contributed by atoms with Crippen molar-refractivity contribution in [2.45, 2.75) is 4.90 Å². The predicted molar refractivity (Wildman–Crippen MR) is 117 cm³/mol. The summed E-state index contributed by atoms with van der Waals surface area (Å²) in [6, 6.07) is 17.0. The molecule has 3 aromatic carbocycles. The van der Waals surface area contributed by atoms with Crippen LogP contribution in [0.2, 0.25) is 5.02 Å². The van der Waals surface area contributed by atoms with Crippen LogP contribution in [0, 0.1) is 0 Å². The van der Waals surface area contributed by atoms with Crippen LogP contribution in [0.4, 0.5) is 11.5 Å². The van der Waals surface area contributed by atoms with Crippen molar-refractivity contribution in [2.75, 3.05) is 16.7 Å². The van der Waals surface area contributed by atoms with Gasteiger partial charge in [-0.15, -0.1) is 0 Å². The van der Waals surface area contributed by atoms with E-state index >= 15 is 0 Å². The molecule has 4 aromatic rings.